The Morgan fingerprint density at radius 3 is 2.75 bits per heavy atom. The number of esters is 1. The van der Waals surface area contributed by atoms with Crippen molar-refractivity contribution in [3.63, 3.8) is 0 Å². The van der Waals surface area contributed by atoms with Gasteiger partial charge in [-0.2, -0.15) is 0 Å². The van der Waals surface area contributed by atoms with Gasteiger partial charge in [0, 0.05) is 23.9 Å². The Morgan fingerprint density at radius 1 is 1.46 bits per heavy atom. The van der Waals surface area contributed by atoms with Crippen molar-refractivity contribution in [2.24, 2.45) is 0 Å². The Bertz CT molecular complexity index is 716. The molecule has 1 aromatic rings. The molecule has 1 aliphatic heterocycles. The van der Waals surface area contributed by atoms with Gasteiger partial charge in [0.25, 0.3) is 0 Å². The van der Waals surface area contributed by atoms with E-state index in [0.29, 0.717) is 11.8 Å². The van der Waals surface area contributed by atoms with Crippen LogP contribution < -0.4 is 5.32 Å². The van der Waals surface area contributed by atoms with Gasteiger partial charge >= 0.3 is 12.0 Å². The Kier molecular flexibility index (Phi) is 5.33. The fraction of sp³-hybridized carbons (Fsp3) is 0.294. The summed E-state index contributed by atoms with van der Waals surface area (Å²) in [6.45, 7) is 7.09. The van der Waals surface area contributed by atoms with Crippen molar-refractivity contribution < 1.29 is 23.1 Å². The van der Waals surface area contributed by atoms with Crippen molar-refractivity contribution in [3.8, 4) is 0 Å². The number of amides is 2. The zero-order valence-electron chi connectivity index (χ0n) is 13.4. The minimum absolute atomic E-state index is 0.00888. The number of rotatable bonds is 5. The van der Waals surface area contributed by atoms with Gasteiger partial charge in [0.05, 0.1) is 18.2 Å². The van der Waals surface area contributed by atoms with Crippen LogP contribution in [-0.4, -0.2) is 30.1 Å². The standard InChI is InChI=1S/C17H18F2N2O3/c1-4-8-21-10(3)14(16(22)24-5-2)15(20-17(21)23)12-7-6-11(18)9-13(12)19/h4,6-7,9,15H,1,5,8H2,2-3H3,(H,20,23)/t15-/m1/s1. The van der Waals surface area contributed by atoms with Crippen LogP contribution in [0.1, 0.15) is 25.5 Å². The average molecular weight is 336 g/mol. The van der Waals surface area contributed by atoms with E-state index < -0.39 is 29.7 Å². The quantitative estimate of drug-likeness (QED) is 0.664. The number of nitrogens with zero attached hydrogens (tertiary/aromatic N) is 1. The third kappa shape index (κ3) is 3.29. The lowest BCUT2D eigenvalue weighted by molar-refractivity contribution is -0.139. The first kappa shape index (κ1) is 17.7. The highest BCUT2D eigenvalue weighted by molar-refractivity contribution is 5.95. The zero-order valence-corrected chi connectivity index (χ0v) is 13.4. The summed E-state index contributed by atoms with van der Waals surface area (Å²) < 4.78 is 32.3. The molecular formula is C17H18F2N2O3. The van der Waals surface area contributed by atoms with E-state index in [1.165, 1.54) is 17.0 Å². The van der Waals surface area contributed by atoms with Crippen LogP contribution in [0.3, 0.4) is 0 Å². The molecule has 0 saturated carbocycles. The first-order valence-electron chi connectivity index (χ1n) is 7.42. The molecule has 128 valence electrons. The number of hydrogen-bond acceptors (Lipinski definition) is 3. The van der Waals surface area contributed by atoms with Gasteiger partial charge < -0.3 is 10.1 Å². The molecule has 0 unspecified atom stereocenters. The maximum atomic E-state index is 14.2. The topological polar surface area (TPSA) is 58.6 Å². The Labute approximate surface area is 138 Å². The van der Waals surface area contributed by atoms with Gasteiger partial charge in [-0.1, -0.05) is 12.1 Å². The van der Waals surface area contributed by atoms with Gasteiger partial charge in [0.15, 0.2) is 0 Å². The first-order chi connectivity index (χ1) is 11.4. The van der Waals surface area contributed by atoms with Crippen molar-refractivity contribution in [1.29, 1.82) is 0 Å². The molecule has 0 radical (unpaired) electrons. The Morgan fingerprint density at radius 2 is 2.17 bits per heavy atom. The van der Waals surface area contributed by atoms with E-state index in [1.54, 1.807) is 13.8 Å². The molecule has 1 N–H and O–H groups in total. The summed E-state index contributed by atoms with van der Waals surface area (Å²) in [5.74, 6) is -2.27. The van der Waals surface area contributed by atoms with Gasteiger partial charge in [0.1, 0.15) is 11.6 Å². The predicted octanol–water partition coefficient (Wildman–Crippen LogP) is 3.05. The van der Waals surface area contributed by atoms with Gasteiger partial charge in [-0.25, -0.2) is 18.4 Å². The monoisotopic (exact) mass is 336 g/mol. The lowest BCUT2D eigenvalue weighted by Crippen LogP contribution is -2.48. The van der Waals surface area contributed by atoms with Crippen LogP contribution in [0.5, 0.6) is 0 Å². The molecule has 1 atom stereocenters. The van der Waals surface area contributed by atoms with E-state index in [4.69, 9.17) is 4.74 Å². The molecule has 5 nitrogen and oxygen atoms in total. The van der Waals surface area contributed by atoms with Crippen LogP contribution in [0.25, 0.3) is 0 Å². The third-order valence-electron chi connectivity index (χ3n) is 3.68. The zero-order chi connectivity index (χ0) is 17.9. The second kappa shape index (κ2) is 7.25. The smallest absolute Gasteiger partial charge is 0.338 e. The first-order valence-corrected chi connectivity index (χ1v) is 7.42. The molecule has 24 heavy (non-hydrogen) atoms. The van der Waals surface area contributed by atoms with Crippen LogP contribution in [0.4, 0.5) is 13.6 Å². The second-order valence-corrected chi connectivity index (χ2v) is 5.17. The molecule has 0 fully saturated rings. The molecule has 0 bridgehead atoms. The fourth-order valence-corrected chi connectivity index (χ4v) is 2.57. The maximum Gasteiger partial charge on any atom is 0.338 e. The number of urea groups is 1. The summed E-state index contributed by atoms with van der Waals surface area (Å²) in [6.07, 6.45) is 1.50. The number of carbonyl (C=O) groups is 2. The molecule has 2 rings (SSSR count). The highest BCUT2D eigenvalue weighted by Crippen LogP contribution is 2.32. The number of hydrogen-bond donors (Lipinski definition) is 1. The lowest BCUT2D eigenvalue weighted by atomic mass is 9.94. The number of allylic oxidation sites excluding steroid dienone is 1. The lowest BCUT2D eigenvalue weighted by Gasteiger charge is -2.34. The molecule has 1 aliphatic rings. The summed E-state index contributed by atoms with van der Waals surface area (Å²) in [5.41, 5.74) is 0.431. The molecule has 0 aliphatic carbocycles. The van der Waals surface area contributed by atoms with Crippen LogP contribution in [-0.2, 0) is 9.53 Å². The summed E-state index contributed by atoms with van der Waals surface area (Å²) in [6, 6.07) is 1.41. The van der Waals surface area contributed by atoms with Gasteiger partial charge in [-0.05, 0) is 19.9 Å². The van der Waals surface area contributed by atoms with Crippen LogP contribution in [0.15, 0.2) is 42.1 Å². The van der Waals surface area contributed by atoms with Gasteiger partial charge in [-0.15, -0.1) is 6.58 Å². The van der Waals surface area contributed by atoms with E-state index >= 15 is 0 Å². The summed E-state index contributed by atoms with van der Waals surface area (Å²) in [7, 11) is 0. The van der Waals surface area contributed by atoms with E-state index in [2.05, 4.69) is 11.9 Å². The van der Waals surface area contributed by atoms with E-state index in [-0.39, 0.29) is 24.3 Å². The van der Waals surface area contributed by atoms with E-state index in [9.17, 15) is 18.4 Å². The van der Waals surface area contributed by atoms with Crippen molar-refractivity contribution >= 4 is 12.0 Å². The number of ether oxygens (including phenoxy) is 1. The average Bonchev–Trinajstić information content (AvgIpc) is 2.51. The highest BCUT2D eigenvalue weighted by Gasteiger charge is 2.37. The maximum absolute atomic E-state index is 14.2. The molecule has 1 aromatic carbocycles. The number of benzene rings is 1. The molecular weight excluding hydrogens is 318 g/mol. The number of halogens is 2. The summed E-state index contributed by atoms with van der Waals surface area (Å²) in [4.78, 5) is 25.9. The van der Waals surface area contributed by atoms with Gasteiger partial charge in [0.2, 0.25) is 0 Å². The SMILES string of the molecule is C=CCN1C(=O)N[C@H](c2ccc(F)cc2F)C(C(=O)OCC)=C1C. The Hall–Kier alpha value is -2.70. The normalized spacial score (nSPS) is 17.6. The number of nitrogens with one attached hydrogen (secondary N) is 1. The largest absolute Gasteiger partial charge is 0.463 e. The van der Waals surface area contributed by atoms with Crippen molar-refractivity contribution in [3.05, 3.63) is 59.3 Å². The van der Waals surface area contributed by atoms with E-state index in [0.717, 1.165) is 6.07 Å². The van der Waals surface area contributed by atoms with Crippen molar-refractivity contribution in [2.45, 2.75) is 19.9 Å². The van der Waals surface area contributed by atoms with Crippen LogP contribution in [0.2, 0.25) is 0 Å². The fourth-order valence-electron chi connectivity index (χ4n) is 2.57. The third-order valence-corrected chi connectivity index (χ3v) is 3.68. The number of carbonyl (C=O) groups excluding carboxylic acids is 2. The minimum Gasteiger partial charge on any atom is -0.463 e. The molecule has 0 spiro atoms. The van der Waals surface area contributed by atoms with Crippen molar-refractivity contribution in [2.75, 3.05) is 13.2 Å². The molecule has 1 heterocycles. The summed E-state index contributed by atoms with van der Waals surface area (Å²) >= 11 is 0. The minimum atomic E-state index is -1.06. The summed E-state index contributed by atoms with van der Waals surface area (Å²) in [5, 5.41) is 2.57. The molecule has 0 saturated heterocycles. The predicted molar refractivity (Wildman–Crippen MR) is 83.9 cm³/mol. The van der Waals surface area contributed by atoms with Crippen molar-refractivity contribution in [1.82, 2.24) is 10.2 Å². The molecule has 0 aromatic heterocycles. The second-order valence-electron chi connectivity index (χ2n) is 5.17. The highest BCUT2D eigenvalue weighted by atomic mass is 19.1. The molecule has 2 amide bonds. The Balaban J connectivity index is 2.57. The molecule has 7 heteroatoms. The van der Waals surface area contributed by atoms with Crippen LogP contribution in [0, 0.1) is 11.6 Å². The van der Waals surface area contributed by atoms with Crippen LogP contribution >= 0.6 is 0 Å². The van der Waals surface area contributed by atoms with E-state index in [1.807, 2.05) is 0 Å². The van der Waals surface area contributed by atoms with Gasteiger partial charge in [-0.3, -0.25) is 4.90 Å².